The number of benzene rings is 2. The molecule has 108 valence electrons. The molecular formula is C17H18N2O2. The minimum atomic E-state index is -0.0176. The van der Waals surface area contributed by atoms with Gasteiger partial charge in [-0.05, 0) is 35.7 Å². The lowest BCUT2D eigenvalue weighted by Crippen LogP contribution is -2.38. The molecule has 1 aliphatic heterocycles. The van der Waals surface area contributed by atoms with Gasteiger partial charge in [0.1, 0.15) is 5.75 Å². The van der Waals surface area contributed by atoms with E-state index in [0.717, 1.165) is 28.1 Å². The van der Waals surface area contributed by atoms with E-state index in [1.54, 1.807) is 4.90 Å². The van der Waals surface area contributed by atoms with Crippen molar-refractivity contribution in [3.05, 3.63) is 59.2 Å². The molecule has 1 heterocycles. The first-order valence-electron chi connectivity index (χ1n) is 6.99. The third kappa shape index (κ3) is 2.62. The molecule has 2 aromatic rings. The summed E-state index contributed by atoms with van der Waals surface area (Å²) in [6, 6.07) is 13.8. The molecule has 3 rings (SSSR count). The second kappa shape index (κ2) is 5.58. The van der Waals surface area contributed by atoms with Gasteiger partial charge in [-0.2, -0.15) is 0 Å². The van der Waals surface area contributed by atoms with Crippen LogP contribution >= 0.6 is 0 Å². The van der Waals surface area contributed by atoms with Gasteiger partial charge in [-0.1, -0.05) is 30.3 Å². The minimum Gasteiger partial charge on any atom is -0.482 e. The average molecular weight is 282 g/mol. The SMILES string of the molecule is Cc1cc(CN)ccc1CN1C(=O)COc2ccccc21. The molecule has 0 saturated carbocycles. The van der Waals surface area contributed by atoms with Gasteiger partial charge in [-0.25, -0.2) is 0 Å². The quantitative estimate of drug-likeness (QED) is 0.940. The second-order valence-corrected chi connectivity index (χ2v) is 5.20. The normalized spacial score (nSPS) is 13.8. The van der Waals surface area contributed by atoms with E-state index in [2.05, 4.69) is 6.07 Å². The summed E-state index contributed by atoms with van der Waals surface area (Å²) in [6.07, 6.45) is 0. The zero-order chi connectivity index (χ0) is 14.8. The fourth-order valence-electron chi connectivity index (χ4n) is 2.56. The number of nitrogens with two attached hydrogens (primary N) is 1. The van der Waals surface area contributed by atoms with Crippen molar-refractivity contribution in [3.63, 3.8) is 0 Å². The largest absolute Gasteiger partial charge is 0.482 e. The molecule has 0 saturated heterocycles. The highest BCUT2D eigenvalue weighted by molar-refractivity contribution is 5.97. The van der Waals surface area contributed by atoms with Crippen molar-refractivity contribution < 1.29 is 9.53 Å². The van der Waals surface area contributed by atoms with Crippen LogP contribution in [0.4, 0.5) is 5.69 Å². The van der Waals surface area contributed by atoms with Gasteiger partial charge in [0, 0.05) is 6.54 Å². The number of rotatable bonds is 3. The number of amides is 1. The molecule has 1 amide bonds. The van der Waals surface area contributed by atoms with Gasteiger partial charge in [0.2, 0.25) is 0 Å². The van der Waals surface area contributed by atoms with Crippen LogP contribution in [-0.4, -0.2) is 12.5 Å². The first kappa shape index (κ1) is 13.6. The Morgan fingerprint density at radius 3 is 2.81 bits per heavy atom. The van der Waals surface area contributed by atoms with Crippen LogP contribution in [0, 0.1) is 6.92 Å². The van der Waals surface area contributed by atoms with Gasteiger partial charge >= 0.3 is 0 Å². The molecule has 4 heteroatoms. The maximum atomic E-state index is 12.2. The van der Waals surface area contributed by atoms with Crippen LogP contribution in [0.25, 0.3) is 0 Å². The highest BCUT2D eigenvalue weighted by Crippen LogP contribution is 2.32. The zero-order valence-electron chi connectivity index (χ0n) is 12.0. The fourth-order valence-corrected chi connectivity index (χ4v) is 2.56. The standard InChI is InChI=1S/C17H18N2O2/c1-12-8-13(9-18)6-7-14(12)10-19-15-4-2-3-5-16(15)21-11-17(19)20/h2-8H,9-11,18H2,1H3. The number of anilines is 1. The first-order chi connectivity index (χ1) is 10.2. The number of carbonyl (C=O) groups is 1. The maximum absolute atomic E-state index is 12.2. The van der Waals surface area contributed by atoms with Crippen LogP contribution in [-0.2, 0) is 17.9 Å². The molecule has 0 atom stereocenters. The molecule has 0 spiro atoms. The van der Waals surface area contributed by atoms with Crippen molar-refractivity contribution in [2.45, 2.75) is 20.0 Å². The Hall–Kier alpha value is -2.33. The summed E-state index contributed by atoms with van der Waals surface area (Å²) in [7, 11) is 0. The van der Waals surface area contributed by atoms with E-state index in [0.29, 0.717) is 13.1 Å². The van der Waals surface area contributed by atoms with E-state index < -0.39 is 0 Å². The predicted octanol–water partition coefficient (Wildman–Crippen LogP) is 2.38. The van der Waals surface area contributed by atoms with Crippen molar-refractivity contribution in [2.75, 3.05) is 11.5 Å². The van der Waals surface area contributed by atoms with E-state index in [-0.39, 0.29) is 12.5 Å². The van der Waals surface area contributed by atoms with E-state index in [1.807, 2.05) is 43.3 Å². The zero-order valence-corrected chi connectivity index (χ0v) is 12.0. The maximum Gasteiger partial charge on any atom is 0.265 e. The Bertz CT molecular complexity index is 682. The van der Waals surface area contributed by atoms with Crippen LogP contribution in [0.15, 0.2) is 42.5 Å². The van der Waals surface area contributed by atoms with Gasteiger partial charge in [-0.15, -0.1) is 0 Å². The fraction of sp³-hybridized carbons (Fsp3) is 0.235. The number of para-hydroxylation sites is 2. The van der Waals surface area contributed by atoms with E-state index in [4.69, 9.17) is 10.5 Å². The van der Waals surface area contributed by atoms with Crippen LogP contribution in [0.5, 0.6) is 5.75 Å². The lowest BCUT2D eigenvalue weighted by molar-refractivity contribution is -0.121. The van der Waals surface area contributed by atoms with Gasteiger partial charge < -0.3 is 15.4 Å². The number of aryl methyl sites for hydroxylation is 1. The summed E-state index contributed by atoms with van der Waals surface area (Å²) in [5, 5.41) is 0. The minimum absolute atomic E-state index is 0.0176. The molecule has 21 heavy (non-hydrogen) atoms. The third-order valence-electron chi connectivity index (χ3n) is 3.78. The van der Waals surface area contributed by atoms with Crippen molar-refractivity contribution in [2.24, 2.45) is 5.73 Å². The van der Waals surface area contributed by atoms with Crippen LogP contribution in [0.3, 0.4) is 0 Å². The van der Waals surface area contributed by atoms with E-state index >= 15 is 0 Å². The van der Waals surface area contributed by atoms with Gasteiger partial charge in [0.15, 0.2) is 6.61 Å². The summed E-state index contributed by atoms with van der Waals surface area (Å²) in [5.41, 5.74) is 9.86. The molecule has 0 aromatic heterocycles. The second-order valence-electron chi connectivity index (χ2n) is 5.20. The number of hydrogen-bond donors (Lipinski definition) is 1. The molecule has 0 unspecified atom stereocenters. The highest BCUT2D eigenvalue weighted by atomic mass is 16.5. The Morgan fingerprint density at radius 1 is 1.24 bits per heavy atom. The number of hydrogen-bond acceptors (Lipinski definition) is 3. The van der Waals surface area contributed by atoms with Crippen molar-refractivity contribution in [1.29, 1.82) is 0 Å². The summed E-state index contributed by atoms with van der Waals surface area (Å²) < 4.78 is 5.46. The molecular weight excluding hydrogens is 264 g/mol. The van der Waals surface area contributed by atoms with Crippen LogP contribution < -0.4 is 15.4 Å². The van der Waals surface area contributed by atoms with Crippen LogP contribution in [0.1, 0.15) is 16.7 Å². The molecule has 2 N–H and O–H groups in total. The summed E-state index contributed by atoms with van der Waals surface area (Å²) in [5.74, 6) is 0.740. The predicted molar refractivity (Wildman–Crippen MR) is 82.2 cm³/mol. The molecule has 4 nitrogen and oxygen atoms in total. The average Bonchev–Trinajstić information content (AvgIpc) is 2.51. The Balaban J connectivity index is 1.92. The monoisotopic (exact) mass is 282 g/mol. The number of carbonyl (C=O) groups excluding carboxylic acids is 1. The van der Waals surface area contributed by atoms with E-state index in [9.17, 15) is 4.79 Å². The molecule has 0 aliphatic carbocycles. The Labute approximate surface area is 124 Å². The van der Waals surface area contributed by atoms with Gasteiger partial charge in [-0.3, -0.25) is 4.79 Å². The van der Waals surface area contributed by atoms with Crippen LogP contribution in [0.2, 0.25) is 0 Å². The Kier molecular flexibility index (Phi) is 3.62. The summed E-state index contributed by atoms with van der Waals surface area (Å²) >= 11 is 0. The molecule has 2 aromatic carbocycles. The summed E-state index contributed by atoms with van der Waals surface area (Å²) in [6.45, 7) is 3.22. The van der Waals surface area contributed by atoms with Crippen molar-refractivity contribution in [3.8, 4) is 5.75 Å². The number of nitrogens with zero attached hydrogens (tertiary/aromatic N) is 1. The smallest absolute Gasteiger partial charge is 0.265 e. The van der Waals surface area contributed by atoms with E-state index in [1.165, 1.54) is 0 Å². The molecule has 0 bridgehead atoms. The molecule has 0 fully saturated rings. The Morgan fingerprint density at radius 2 is 2.05 bits per heavy atom. The lowest BCUT2D eigenvalue weighted by Gasteiger charge is -2.29. The lowest BCUT2D eigenvalue weighted by atomic mass is 10.0. The summed E-state index contributed by atoms with van der Waals surface area (Å²) in [4.78, 5) is 14.0. The highest BCUT2D eigenvalue weighted by Gasteiger charge is 2.25. The topological polar surface area (TPSA) is 55.6 Å². The third-order valence-corrected chi connectivity index (χ3v) is 3.78. The van der Waals surface area contributed by atoms with Gasteiger partial charge in [0.25, 0.3) is 5.91 Å². The van der Waals surface area contributed by atoms with Crippen molar-refractivity contribution in [1.82, 2.24) is 0 Å². The van der Waals surface area contributed by atoms with Crippen molar-refractivity contribution >= 4 is 11.6 Å². The van der Waals surface area contributed by atoms with Gasteiger partial charge in [0.05, 0.1) is 12.2 Å². The number of fused-ring (bicyclic) bond motifs is 1. The first-order valence-corrected chi connectivity index (χ1v) is 6.99. The number of ether oxygens (including phenoxy) is 1. The molecule has 1 aliphatic rings. The molecule has 0 radical (unpaired) electrons.